The number of amides is 1. The highest BCUT2D eigenvalue weighted by Gasteiger charge is 2.08. The highest BCUT2D eigenvalue weighted by Crippen LogP contribution is 2.26. The van der Waals surface area contributed by atoms with Crippen LogP contribution >= 0.6 is 0 Å². The van der Waals surface area contributed by atoms with Crippen LogP contribution in [0.4, 0.5) is 11.4 Å². The van der Waals surface area contributed by atoms with Gasteiger partial charge in [-0.3, -0.25) is 14.9 Å². The normalized spacial score (nSPS) is 10.3. The molecule has 0 unspecified atom stereocenters. The average molecular weight is 346 g/mol. The molecule has 0 bridgehead atoms. The number of anilines is 1. The first-order chi connectivity index (χ1) is 12.6. The van der Waals surface area contributed by atoms with Crippen LogP contribution in [0, 0.1) is 10.1 Å². The van der Waals surface area contributed by atoms with Crippen molar-refractivity contribution in [3.05, 3.63) is 94.5 Å². The Labute approximate surface area is 151 Å². The number of rotatable bonds is 6. The summed E-state index contributed by atoms with van der Waals surface area (Å²) >= 11 is 0. The lowest BCUT2D eigenvalue weighted by Gasteiger charge is -2.08. The third-order valence-corrected chi connectivity index (χ3v) is 4.02. The Hall–Kier alpha value is -3.47. The fraction of sp³-hybridized carbons (Fsp3) is 0.0952. The van der Waals surface area contributed by atoms with E-state index in [1.165, 1.54) is 12.1 Å². The maximum absolute atomic E-state index is 12.2. The van der Waals surface area contributed by atoms with Crippen LogP contribution in [0.3, 0.4) is 0 Å². The van der Waals surface area contributed by atoms with Crippen molar-refractivity contribution >= 4 is 17.3 Å². The van der Waals surface area contributed by atoms with Crippen molar-refractivity contribution in [3.8, 4) is 11.1 Å². The van der Waals surface area contributed by atoms with E-state index in [4.69, 9.17) is 0 Å². The lowest BCUT2D eigenvalue weighted by atomic mass is 10.0. The molecule has 3 aromatic carbocycles. The molecule has 0 aromatic heterocycles. The van der Waals surface area contributed by atoms with Crippen molar-refractivity contribution in [1.29, 1.82) is 0 Å². The standard InChI is InChI=1S/C21H18N2O3/c24-21(13-12-16-6-2-1-3-7-16)22-19-10-4-8-17(14-19)18-9-5-11-20(15-18)23(25)26/h1-11,14-15H,12-13H2,(H,22,24). The minimum Gasteiger partial charge on any atom is -0.326 e. The molecule has 5 heteroatoms. The molecule has 0 aliphatic carbocycles. The zero-order valence-corrected chi connectivity index (χ0v) is 14.1. The molecule has 0 fully saturated rings. The third kappa shape index (κ3) is 4.54. The van der Waals surface area contributed by atoms with Crippen LogP contribution < -0.4 is 5.32 Å². The first-order valence-electron chi connectivity index (χ1n) is 8.30. The molecular weight excluding hydrogens is 328 g/mol. The molecule has 130 valence electrons. The number of non-ortho nitro benzene ring substituents is 1. The number of nitrogens with zero attached hydrogens (tertiary/aromatic N) is 1. The highest BCUT2D eigenvalue weighted by atomic mass is 16.6. The molecule has 0 atom stereocenters. The first-order valence-corrected chi connectivity index (χ1v) is 8.30. The van der Waals surface area contributed by atoms with Crippen LogP contribution in [0.1, 0.15) is 12.0 Å². The van der Waals surface area contributed by atoms with Crippen molar-refractivity contribution in [2.45, 2.75) is 12.8 Å². The molecule has 3 aromatic rings. The Morgan fingerprint density at radius 1 is 0.885 bits per heavy atom. The summed E-state index contributed by atoms with van der Waals surface area (Å²) in [6.07, 6.45) is 1.07. The Morgan fingerprint density at radius 2 is 1.58 bits per heavy atom. The van der Waals surface area contributed by atoms with Crippen LogP contribution in [0.15, 0.2) is 78.9 Å². The number of carbonyl (C=O) groups is 1. The lowest BCUT2D eigenvalue weighted by molar-refractivity contribution is -0.384. The number of hydrogen-bond donors (Lipinski definition) is 1. The highest BCUT2D eigenvalue weighted by molar-refractivity contribution is 5.91. The van der Waals surface area contributed by atoms with E-state index in [1.807, 2.05) is 54.6 Å². The molecule has 26 heavy (non-hydrogen) atoms. The van der Waals surface area contributed by atoms with E-state index < -0.39 is 4.92 Å². The second-order valence-corrected chi connectivity index (χ2v) is 5.92. The molecule has 0 aliphatic heterocycles. The van der Waals surface area contributed by atoms with E-state index in [2.05, 4.69) is 5.32 Å². The van der Waals surface area contributed by atoms with E-state index in [-0.39, 0.29) is 11.6 Å². The summed E-state index contributed by atoms with van der Waals surface area (Å²) < 4.78 is 0. The van der Waals surface area contributed by atoms with Gasteiger partial charge in [0, 0.05) is 24.2 Å². The van der Waals surface area contributed by atoms with Gasteiger partial charge in [0.2, 0.25) is 5.91 Å². The van der Waals surface area contributed by atoms with Crippen LogP contribution in [0.2, 0.25) is 0 Å². The summed E-state index contributed by atoms with van der Waals surface area (Å²) in [5, 5.41) is 13.8. The zero-order chi connectivity index (χ0) is 18.4. The Morgan fingerprint density at radius 3 is 2.31 bits per heavy atom. The molecule has 0 saturated carbocycles. The Balaban J connectivity index is 1.68. The minimum atomic E-state index is -0.418. The summed E-state index contributed by atoms with van der Waals surface area (Å²) in [5.74, 6) is -0.0648. The van der Waals surface area contributed by atoms with E-state index in [1.54, 1.807) is 12.1 Å². The van der Waals surface area contributed by atoms with Gasteiger partial charge in [-0.1, -0.05) is 54.6 Å². The van der Waals surface area contributed by atoms with Gasteiger partial charge in [0.25, 0.3) is 5.69 Å². The van der Waals surface area contributed by atoms with Gasteiger partial charge in [0.05, 0.1) is 4.92 Å². The van der Waals surface area contributed by atoms with Gasteiger partial charge in [-0.25, -0.2) is 0 Å². The average Bonchev–Trinajstić information content (AvgIpc) is 2.67. The monoisotopic (exact) mass is 346 g/mol. The Bertz CT molecular complexity index is 923. The summed E-state index contributed by atoms with van der Waals surface area (Å²) in [6, 6.07) is 23.6. The summed E-state index contributed by atoms with van der Waals surface area (Å²) in [4.78, 5) is 22.7. The predicted molar refractivity (Wildman–Crippen MR) is 102 cm³/mol. The first kappa shape index (κ1) is 17.4. The van der Waals surface area contributed by atoms with Gasteiger partial charge < -0.3 is 5.32 Å². The Kier molecular flexibility index (Phi) is 5.39. The zero-order valence-electron chi connectivity index (χ0n) is 14.1. The van der Waals surface area contributed by atoms with Crippen molar-refractivity contribution in [1.82, 2.24) is 0 Å². The summed E-state index contributed by atoms with van der Waals surface area (Å²) in [7, 11) is 0. The molecule has 1 amide bonds. The van der Waals surface area contributed by atoms with Gasteiger partial charge in [-0.05, 0) is 35.2 Å². The largest absolute Gasteiger partial charge is 0.326 e. The van der Waals surface area contributed by atoms with Gasteiger partial charge in [0.15, 0.2) is 0 Å². The third-order valence-electron chi connectivity index (χ3n) is 4.02. The van der Waals surface area contributed by atoms with Crippen LogP contribution in [0.5, 0.6) is 0 Å². The second-order valence-electron chi connectivity index (χ2n) is 5.92. The molecular formula is C21H18N2O3. The van der Waals surface area contributed by atoms with Gasteiger partial charge in [0.1, 0.15) is 0 Å². The van der Waals surface area contributed by atoms with Gasteiger partial charge >= 0.3 is 0 Å². The number of benzene rings is 3. The molecule has 5 nitrogen and oxygen atoms in total. The van der Waals surface area contributed by atoms with Crippen molar-refractivity contribution in [3.63, 3.8) is 0 Å². The van der Waals surface area contributed by atoms with Gasteiger partial charge in [-0.2, -0.15) is 0 Å². The smallest absolute Gasteiger partial charge is 0.270 e. The SMILES string of the molecule is O=C(CCc1ccccc1)Nc1cccc(-c2cccc([N+](=O)[O-])c2)c1. The molecule has 0 spiro atoms. The minimum absolute atomic E-state index is 0.0415. The topological polar surface area (TPSA) is 72.2 Å². The fourth-order valence-electron chi connectivity index (χ4n) is 2.70. The fourth-order valence-corrected chi connectivity index (χ4v) is 2.70. The van der Waals surface area contributed by atoms with Crippen LogP contribution in [-0.2, 0) is 11.2 Å². The number of nitro benzene ring substituents is 1. The van der Waals surface area contributed by atoms with E-state index in [0.717, 1.165) is 16.7 Å². The van der Waals surface area contributed by atoms with Crippen molar-refractivity contribution in [2.24, 2.45) is 0 Å². The molecule has 0 radical (unpaired) electrons. The lowest BCUT2D eigenvalue weighted by Crippen LogP contribution is -2.12. The molecule has 0 aliphatic rings. The number of nitro groups is 1. The molecule has 3 rings (SSSR count). The van der Waals surface area contributed by atoms with Gasteiger partial charge in [-0.15, -0.1) is 0 Å². The van der Waals surface area contributed by atoms with Crippen molar-refractivity contribution in [2.75, 3.05) is 5.32 Å². The molecule has 0 heterocycles. The van der Waals surface area contributed by atoms with Crippen molar-refractivity contribution < 1.29 is 9.72 Å². The predicted octanol–water partition coefficient (Wildman–Crippen LogP) is 4.83. The quantitative estimate of drug-likeness (QED) is 0.513. The summed E-state index contributed by atoms with van der Waals surface area (Å²) in [5.41, 5.74) is 3.38. The van der Waals surface area contributed by atoms with E-state index in [9.17, 15) is 14.9 Å². The second kappa shape index (κ2) is 8.07. The summed E-state index contributed by atoms with van der Waals surface area (Å²) in [6.45, 7) is 0. The molecule has 1 N–H and O–H groups in total. The van der Waals surface area contributed by atoms with E-state index in [0.29, 0.717) is 18.5 Å². The number of aryl methyl sites for hydroxylation is 1. The molecule has 0 saturated heterocycles. The maximum atomic E-state index is 12.2. The number of hydrogen-bond acceptors (Lipinski definition) is 3. The number of carbonyl (C=O) groups excluding carboxylic acids is 1. The van der Waals surface area contributed by atoms with E-state index >= 15 is 0 Å². The maximum Gasteiger partial charge on any atom is 0.270 e. The number of nitrogens with one attached hydrogen (secondary N) is 1. The van der Waals surface area contributed by atoms with Crippen LogP contribution in [-0.4, -0.2) is 10.8 Å². The van der Waals surface area contributed by atoms with Crippen LogP contribution in [0.25, 0.3) is 11.1 Å².